The van der Waals surface area contributed by atoms with Crippen LogP contribution in [0.5, 0.6) is 0 Å². The summed E-state index contributed by atoms with van der Waals surface area (Å²) < 4.78 is 0. The molecule has 0 aliphatic carbocycles. The Labute approximate surface area is 112 Å². The molecule has 2 aromatic heterocycles. The van der Waals surface area contributed by atoms with Crippen molar-refractivity contribution >= 4 is 32.6 Å². The fraction of sp³-hybridized carbons (Fsp3) is 0. The number of aromatic amines is 2. The molecular weight excluding hydrogens is 252 g/mol. The van der Waals surface area contributed by atoms with E-state index in [-0.39, 0.29) is 11.1 Å². The van der Waals surface area contributed by atoms with Gasteiger partial charge in [0.25, 0.3) is 11.1 Å². The summed E-state index contributed by atoms with van der Waals surface area (Å²) in [6.45, 7) is 0. The third kappa shape index (κ3) is 1.36. The molecule has 20 heavy (non-hydrogen) atoms. The number of H-pyrrole nitrogens is 2. The topological polar surface area (TPSA) is 65.7 Å². The molecule has 96 valence electrons. The molecule has 0 saturated heterocycles. The number of pyridine rings is 2. The van der Waals surface area contributed by atoms with Crippen LogP contribution in [0.1, 0.15) is 0 Å². The Bertz CT molecular complexity index is 1090. The summed E-state index contributed by atoms with van der Waals surface area (Å²) in [7, 11) is 0. The van der Waals surface area contributed by atoms with Crippen molar-refractivity contribution in [1.82, 2.24) is 9.97 Å². The van der Waals surface area contributed by atoms with E-state index in [0.29, 0.717) is 21.7 Å². The highest BCUT2D eigenvalue weighted by atomic mass is 16.1. The third-order valence-corrected chi connectivity index (χ3v) is 3.60. The maximum atomic E-state index is 12.3. The average molecular weight is 262 g/mol. The molecule has 0 aliphatic heterocycles. The van der Waals surface area contributed by atoms with Crippen LogP contribution < -0.4 is 11.1 Å². The molecule has 0 bridgehead atoms. The number of para-hydroxylation sites is 1. The fourth-order valence-corrected chi connectivity index (χ4v) is 2.71. The second-order valence-corrected chi connectivity index (χ2v) is 4.75. The smallest absolute Gasteiger partial charge is 0.258 e. The van der Waals surface area contributed by atoms with Crippen LogP contribution in [0.3, 0.4) is 0 Å². The van der Waals surface area contributed by atoms with Gasteiger partial charge in [0.1, 0.15) is 0 Å². The van der Waals surface area contributed by atoms with Crippen molar-refractivity contribution < 1.29 is 0 Å². The molecule has 2 N–H and O–H groups in total. The average Bonchev–Trinajstić information content (AvgIpc) is 2.47. The first kappa shape index (κ1) is 11.0. The summed E-state index contributed by atoms with van der Waals surface area (Å²) in [5.41, 5.74) is 0.944. The van der Waals surface area contributed by atoms with E-state index >= 15 is 0 Å². The standard InChI is InChI=1S/C16H10N2O2/c19-15-10-6-2-1-5-9(10)13-14(18-15)11-7-3-4-8-12(11)17-16(13)20/h1-8H,(H,17,20)(H,18,19). The van der Waals surface area contributed by atoms with Gasteiger partial charge in [0, 0.05) is 16.2 Å². The van der Waals surface area contributed by atoms with Gasteiger partial charge in [-0.05, 0) is 12.1 Å². The lowest BCUT2D eigenvalue weighted by molar-refractivity contribution is 1.30. The van der Waals surface area contributed by atoms with Gasteiger partial charge in [-0.1, -0.05) is 36.4 Å². The quantitative estimate of drug-likeness (QED) is 0.478. The van der Waals surface area contributed by atoms with Crippen molar-refractivity contribution in [2.45, 2.75) is 0 Å². The molecule has 0 atom stereocenters. The Balaban J connectivity index is 2.46. The van der Waals surface area contributed by atoms with Gasteiger partial charge in [0.05, 0.1) is 16.4 Å². The molecule has 4 rings (SSSR count). The summed E-state index contributed by atoms with van der Waals surface area (Å²) in [5, 5.41) is 2.57. The molecule has 0 fully saturated rings. The number of fused-ring (bicyclic) bond motifs is 5. The Morgan fingerprint density at radius 3 is 2.10 bits per heavy atom. The molecule has 4 nitrogen and oxygen atoms in total. The van der Waals surface area contributed by atoms with Crippen molar-refractivity contribution in [1.29, 1.82) is 0 Å². The minimum absolute atomic E-state index is 0.177. The third-order valence-electron chi connectivity index (χ3n) is 3.60. The Morgan fingerprint density at radius 1 is 0.650 bits per heavy atom. The zero-order chi connectivity index (χ0) is 13.7. The van der Waals surface area contributed by atoms with Gasteiger partial charge in [-0.3, -0.25) is 9.59 Å². The number of hydrogen-bond donors (Lipinski definition) is 2. The Hall–Kier alpha value is -2.88. The van der Waals surface area contributed by atoms with Crippen molar-refractivity contribution in [2.75, 3.05) is 0 Å². The van der Waals surface area contributed by atoms with Crippen LogP contribution in [-0.4, -0.2) is 9.97 Å². The number of aromatic nitrogens is 2. The van der Waals surface area contributed by atoms with Crippen molar-refractivity contribution in [3.8, 4) is 0 Å². The van der Waals surface area contributed by atoms with Crippen LogP contribution in [0.25, 0.3) is 32.6 Å². The largest absolute Gasteiger partial charge is 0.321 e. The van der Waals surface area contributed by atoms with E-state index in [9.17, 15) is 9.59 Å². The molecule has 0 spiro atoms. The molecule has 4 heteroatoms. The highest BCUT2D eigenvalue weighted by molar-refractivity contribution is 6.13. The van der Waals surface area contributed by atoms with Gasteiger partial charge in [-0.25, -0.2) is 0 Å². The van der Waals surface area contributed by atoms with E-state index in [1.807, 2.05) is 30.3 Å². The van der Waals surface area contributed by atoms with Crippen LogP contribution in [0.15, 0.2) is 58.1 Å². The molecule has 0 amide bonds. The molecule has 0 aliphatic rings. The van der Waals surface area contributed by atoms with Crippen LogP contribution in [0, 0.1) is 0 Å². The molecule has 0 saturated carbocycles. The van der Waals surface area contributed by atoms with Crippen LogP contribution >= 0.6 is 0 Å². The van der Waals surface area contributed by atoms with Crippen molar-refractivity contribution in [3.05, 3.63) is 69.2 Å². The van der Waals surface area contributed by atoms with Gasteiger partial charge >= 0.3 is 0 Å². The van der Waals surface area contributed by atoms with Crippen molar-refractivity contribution in [3.63, 3.8) is 0 Å². The van der Waals surface area contributed by atoms with Gasteiger partial charge in [0.2, 0.25) is 0 Å². The highest BCUT2D eigenvalue weighted by Gasteiger charge is 2.10. The second kappa shape index (κ2) is 3.81. The van der Waals surface area contributed by atoms with Gasteiger partial charge in [-0.2, -0.15) is 0 Å². The lowest BCUT2D eigenvalue weighted by Crippen LogP contribution is -2.13. The molecule has 2 aromatic carbocycles. The predicted octanol–water partition coefficient (Wildman–Crippen LogP) is 2.52. The van der Waals surface area contributed by atoms with E-state index in [0.717, 1.165) is 10.9 Å². The first-order valence-electron chi connectivity index (χ1n) is 6.31. The zero-order valence-electron chi connectivity index (χ0n) is 10.4. The zero-order valence-corrected chi connectivity index (χ0v) is 10.4. The summed E-state index contributed by atoms with van der Waals surface area (Å²) in [6, 6.07) is 14.6. The van der Waals surface area contributed by atoms with Gasteiger partial charge in [-0.15, -0.1) is 0 Å². The minimum Gasteiger partial charge on any atom is -0.321 e. The predicted molar refractivity (Wildman–Crippen MR) is 80.2 cm³/mol. The molecule has 0 unspecified atom stereocenters. The minimum atomic E-state index is -0.189. The molecule has 4 aromatic rings. The lowest BCUT2D eigenvalue weighted by Gasteiger charge is -2.06. The maximum Gasteiger partial charge on any atom is 0.258 e. The van der Waals surface area contributed by atoms with Crippen LogP contribution in [-0.2, 0) is 0 Å². The molecule has 0 radical (unpaired) electrons. The fourth-order valence-electron chi connectivity index (χ4n) is 2.71. The van der Waals surface area contributed by atoms with Crippen LogP contribution in [0.4, 0.5) is 0 Å². The first-order valence-corrected chi connectivity index (χ1v) is 6.31. The van der Waals surface area contributed by atoms with Crippen molar-refractivity contribution in [2.24, 2.45) is 0 Å². The number of nitrogens with one attached hydrogen (secondary N) is 2. The summed E-state index contributed by atoms with van der Waals surface area (Å²) in [5.74, 6) is 0. The summed E-state index contributed by atoms with van der Waals surface area (Å²) >= 11 is 0. The van der Waals surface area contributed by atoms with Gasteiger partial charge < -0.3 is 9.97 Å². The van der Waals surface area contributed by atoms with E-state index in [2.05, 4.69) is 9.97 Å². The Kier molecular flexibility index (Phi) is 2.09. The van der Waals surface area contributed by atoms with E-state index < -0.39 is 0 Å². The first-order chi connectivity index (χ1) is 9.75. The number of hydrogen-bond acceptors (Lipinski definition) is 2. The second-order valence-electron chi connectivity index (χ2n) is 4.75. The number of benzene rings is 2. The highest BCUT2D eigenvalue weighted by Crippen LogP contribution is 2.23. The SMILES string of the molecule is O=c1[nH]c2c3ccccc3[nH]c(=O)c2c2ccccc12. The number of rotatable bonds is 0. The molecule has 2 heterocycles. The summed E-state index contributed by atoms with van der Waals surface area (Å²) in [6.07, 6.45) is 0. The van der Waals surface area contributed by atoms with E-state index in [4.69, 9.17) is 0 Å². The van der Waals surface area contributed by atoms with Gasteiger partial charge in [0.15, 0.2) is 0 Å². The molecular formula is C16H10N2O2. The maximum absolute atomic E-state index is 12.3. The lowest BCUT2D eigenvalue weighted by atomic mass is 10.1. The normalized spacial score (nSPS) is 11.4. The van der Waals surface area contributed by atoms with E-state index in [1.165, 1.54) is 0 Å². The van der Waals surface area contributed by atoms with Crippen LogP contribution in [0.2, 0.25) is 0 Å². The monoisotopic (exact) mass is 262 g/mol. The summed E-state index contributed by atoms with van der Waals surface area (Å²) in [4.78, 5) is 30.2. The Morgan fingerprint density at radius 2 is 1.30 bits per heavy atom. The van der Waals surface area contributed by atoms with E-state index in [1.54, 1.807) is 18.2 Å².